The van der Waals surface area contributed by atoms with Gasteiger partial charge in [0.15, 0.2) is 12.2 Å². The summed E-state index contributed by atoms with van der Waals surface area (Å²) in [7, 11) is 0. The van der Waals surface area contributed by atoms with Gasteiger partial charge < -0.3 is 0 Å². The second-order valence-electron chi connectivity index (χ2n) is 7.16. The lowest BCUT2D eigenvalue weighted by atomic mass is 10.0. The summed E-state index contributed by atoms with van der Waals surface area (Å²) < 4.78 is 4.37. The topological polar surface area (TPSA) is 25.9 Å². The van der Waals surface area contributed by atoms with Crippen LogP contribution in [0.2, 0.25) is 10.0 Å². The van der Waals surface area contributed by atoms with Crippen LogP contribution in [0.4, 0.5) is 0 Å². The summed E-state index contributed by atoms with van der Waals surface area (Å²) in [5.74, 6) is 1.32. The average molecular weight is 400 g/mol. The Kier molecular flexibility index (Phi) is 4.83. The van der Waals surface area contributed by atoms with Crippen molar-refractivity contribution in [2.75, 3.05) is 0 Å². The van der Waals surface area contributed by atoms with Crippen molar-refractivity contribution in [2.45, 2.75) is 39.8 Å². The van der Waals surface area contributed by atoms with Crippen LogP contribution in [0.1, 0.15) is 33.7 Å². The molecule has 3 aromatic rings. The molecule has 0 atom stereocenters. The number of Topliss-reactive ketones (excluding diaryl/α,β-unsaturated/α-hetero) is 1. The lowest BCUT2D eigenvalue weighted by Crippen LogP contribution is -2.40. The quantitative estimate of drug-likeness (QED) is 0.437. The lowest BCUT2D eigenvalue weighted by Gasteiger charge is -2.04. The highest BCUT2D eigenvalue weighted by Crippen LogP contribution is 2.30. The van der Waals surface area contributed by atoms with Crippen LogP contribution in [0, 0.1) is 13.8 Å². The van der Waals surface area contributed by atoms with Crippen molar-refractivity contribution in [1.82, 2.24) is 4.57 Å². The van der Waals surface area contributed by atoms with Crippen molar-refractivity contribution in [3.63, 3.8) is 0 Å². The van der Waals surface area contributed by atoms with Gasteiger partial charge in [0, 0.05) is 11.1 Å². The molecule has 2 aromatic carbocycles. The Hall–Kier alpha value is -2.10. The van der Waals surface area contributed by atoms with Crippen molar-refractivity contribution in [2.24, 2.45) is 0 Å². The van der Waals surface area contributed by atoms with Crippen molar-refractivity contribution in [3.8, 4) is 11.3 Å². The molecule has 0 unspecified atom stereocenters. The Morgan fingerprint density at radius 3 is 2.63 bits per heavy atom. The number of benzene rings is 2. The Labute approximate surface area is 169 Å². The van der Waals surface area contributed by atoms with E-state index in [1.54, 1.807) is 0 Å². The fourth-order valence-electron chi connectivity index (χ4n) is 3.69. The van der Waals surface area contributed by atoms with E-state index in [2.05, 4.69) is 22.3 Å². The number of carbonyl (C=O) groups excluding carboxylic acids is 1. The van der Waals surface area contributed by atoms with Crippen LogP contribution in [0.5, 0.6) is 0 Å². The first-order valence-corrected chi connectivity index (χ1v) is 9.87. The second-order valence-corrected chi connectivity index (χ2v) is 7.98. The molecule has 1 aliphatic heterocycles. The molecule has 138 valence electrons. The molecule has 0 amide bonds. The highest BCUT2D eigenvalue weighted by atomic mass is 35.5. The molecule has 5 heteroatoms. The number of rotatable bonds is 4. The maximum Gasteiger partial charge on any atom is 0.257 e. The standard InChI is InChI=1S/C22H21Cl2N2O/c1-14-5-6-17(10-15(14)2)21(27)13-25-12-20(26-9-3-4-22(25)26)16-7-8-18(23)19(24)11-16/h5-8,10-12H,3-4,9,13H2,1-2H3/q+1. The van der Waals surface area contributed by atoms with Gasteiger partial charge in [0.2, 0.25) is 5.78 Å². The molecule has 0 bridgehead atoms. The van der Waals surface area contributed by atoms with Gasteiger partial charge in [-0.25, -0.2) is 9.13 Å². The normalized spacial score (nSPS) is 13.0. The number of halogens is 2. The van der Waals surface area contributed by atoms with Crippen molar-refractivity contribution >= 4 is 29.0 Å². The van der Waals surface area contributed by atoms with Gasteiger partial charge in [-0.15, -0.1) is 0 Å². The van der Waals surface area contributed by atoms with Gasteiger partial charge in [0.05, 0.1) is 23.0 Å². The predicted molar refractivity (Wildman–Crippen MR) is 109 cm³/mol. The summed E-state index contributed by atoms with van der Waals surface area (Å²) in [6.07, 6.45) is 4.12. The van der Waals surface area contributed by atoms with Crippen molar-refractivity contribution in [3.05, 3.63) is 75.2 Å². The van der Waals surface area contributed by atoms with E-state index >= 15 is 0 Å². The minimum Gasteiger partial charge on any atom is -0.290 e. The molecule has 1 aliphatic rings. The van der Waals surface area contributed by atoms with E-state index in [4.69, 9.17) is 23.2 Å². The summed E-state index contributed by atoms with van der Waals surface area (Å²) in [6, 6.07) is 11.6. The van der Waals surface area contributed by atoms with Crippen LogP contribution in [0.3, 0.4) is 0 Å². The zero-order chi connectivity index (χ0) is 19.1. The SMILES string of the molecule is Cc1ccc(C(=O)C[n+]2cc(-c3ccc(Cl)c(Cl)c3)n3c2CCC3)cc1C. The molecule has 27 heavy (non-hydrogen) atoms. The predicted octanol–water partition coefficient (Wildman–Crippen LogP) is 5.20. The van der Waals surface area contributed by atoms with Gasteiger partial charge in [-0.3, -0.25) is 4.79 Å². The molecule has 3 nitrogen and oxygen atoms in total. The minimum atomic E-state index is 0.129. The molecular formula is C22H21Cl2N2O+. The van der Waals surface area contributed by atoms with E-state index in [1.165, 1.54) is 11.4 Å². The molecule has 0 N–H and O–H groups in total. The highest BCUT2D eigenvalue weighted by molar-refractivity contribution is 6.42. The maximum atomic E-state index is 12.9. The number of nitrogens with zero attached hydrogens (tertiary/aromatic N) is 2. The number of ketones is 1. The molecule has 0 aliphatic carbocycles. The van der Waals surface area contributed by atoms with E-state index in [0.29, 0.717) is 16.6 Å². The molecule has 0 saturated heterocycles. The van der Waals surface area contributed by atoms with E-state index in [0.717, 1.165) is 41.8 Å². The number of hydrogen-bond acceptors (Lipinski definition) is 1. The van der Waals surface area contributed by atoms with E-state index in [9.17, 15) is 4.79 Å². The zero-order valence-corrected chi connectivity index (χ0v) is 16.9. The van der Waals surface area contributed by atoms with Crippen molar-refractivity contribution in [1.29, 1.82) is 0 Å². The zero-order valence-electron chi connectivity index (χ0n) is 15.4. The number of hydrogen-bond donors (Lipinski definition) is 0. The molecule has 2 heterocycles. The molecule has 4 rings (SSSR count). The van der Waals surface area contributed by atoms with E-state index < -0.39 is 0 Å². The van der Waals surface area contributed by atoms with Crippen LogP contribution in [-0.2, 0) is 19.5 Å². The molecular weight excluding hydrogens is 379 g/mol. The molecule has 1 aromatic heterocycles. The molecule has 0 radical (unpaired) electrons. The smallest absolute Gasteiger partial charge is 0.257 e. The minimum absolute atomic E-state index is 0.129. The monoisotopic (exact) mass is 399 g/mol. The Balaban J connectivity index is 1.69. The first kappa shape index (κ1) is 18.3. The fraction of sp³-hybridized carbons (Fsp3) is 0.273. The Bertz CT molecular complexity index is 1050. The Morgan fingerprint density at radius 2 is 1.89 bits per heavy atom. The van der Waals surface area contributed by atoms with E-state index in [-0.39, 0.29) is 5.78 Å². The third kappa shape index (κ3) is 3.42. The van der Waals surface area contributed by atoms with Crippen LogP contribution in [-0.4, -0.2) is 10.4 Å². The van der Waals surface area contributed by atoms with E-state index in [1.807, 2.05) is 43.3 Å². The van der Waals surface area contributed by atoms with Crippen molar-refractivity contribution < 1.29 is 9.36 Å². The number of fused-ring (bicyclic) bond motifs is 1. The van der Waals surface area contributed by atoms with Gasteiger partial charge >= 0.3 is 0 Å². The summed E-state index contributed by atoms with van der Waals surface area (Å²) in [5.41, 5.74) is 5.20. The first-order chi connectivity index (χ1) is 12.9. The van der Waals surface area contributed by atoms with Crippen LogP contribution >= 0.6 is 23.2 Å². The van der Waals surface area contributed by atoms with Gasteiger partial charge in [0.25, 0.3) is 5.82 Å². The fourth-order valence-corrected chi connectivity index (χ4v) is 3.99. The number of carbonyl (C=O) groups is 1. The highest BCUT2D eigenvalue weighted by Gasteiger charge is 2.30. The molecule has 0 fully saturated rings. The summed E-state index contributed by atoms with van der Waals surface area (Å²) in [6.45, 7) is 5.40. The largest absolute Gasteiger partial charge is 0.290 e. The summed E-state index contributed by atoms with van der Waals surface area (Å²) in [4.78, 5) is 12.9. The molecule has 0 saturated carbocycles. The van der Waals surface area contributed by atoms with Gasteiger partial charge in [-0.05, 0) is 55.7 Å². The van der Waals surface area contributed by atoms with Gasteiger partial charge in [-0.1, -0.05) is 35.3 Å². The lowest BCUT2D eigenvalue weighted by molar-refractivity contribution is -0.689. The molecule has 0 spiro atoms. The number of imidazole rings is 1. The maximum absolute atomic E-state index is 12.9. The second kappa shape index (κ2) is 7.14. The third-order valence-corrected chi connectivity index (χ3v) is 6.09. The number of aromatic nitrogens is 2. The summed E-state index contributed by atoms with van der Waals surface area (Å²) >= 11 is 12.3. The summed E-state index contributed by atoms with van der Waals surface area (Å²) in [5, 5.41) is 1.09. The first-order valence-electron chi connectivity index (χ1n) is 9.12. The third-order valence-electron chi connectivity index (χ3n) is 5.35. The number of aryl methyl sites for hydroxylation is 2. The van der Waals surface area contributed by atoms with Gasteiger partial charge in [-0.2, -0.15) is 0 Å². The van der Waals surface area contributed by atoms with Crippen LogP contribution < -0.4 is 4.57 Å². The average Bonchev–Trinajstić information content (AvgIpc) is 3.24. The Morgan fingerprint density at radius 1 is 1.07 bits per heavy atom. The van der Waals surface area contributed by atoms with Crippen LogP contribution in [0.25, 0.3) is 11.3 Å². The van der Waals surface area contributed by atoms with Crippen LogP contribution in [0.15, 0.2) is 42.6 Å². The van der Waals surface area contributed by atoms with Gasteiger partial charge in [0.1, 0.15) is 6.20 Å².